The highest BCUT2D eigenvalue weighted by Gasteiger charge is 2.15. The van der Waals surface area contributed by atoms with Crippen LogP contribution in [-0.2, 0) is 0 Å². The van der Waals surface area contributed by atoms with Gasteiger partial charge in [-0.05, 0) is 18.2 Å². The van der Waals surface area contributed by atoms with Crippen molar-refractivity contribution in [3.63, 3.8) is 0 Å². The topological polar surface area (TPSA) is 88.8 Å². The molecule has 0 unspecified atom stereocenters. The van der Waals surface area contributed by atoms with E-state index in [1.165, 1.54) is 11.3 Å². The van der Waals surface area contributed by atoms with Crippen molar-refractivity contribution in [2.75, 3.05) is 0 Å². The molecule has 0 saturated heterocycles. The van der Waals surface area contributed by atoms with Gasteiger partial charge < -0.3 is 4.98 Å². The largest absolute Gasteiger partial charge is 0.304 e. The summed E-state index contributed by atoms with van der Waals surface area (Å²) in [5.74, 6) is 0.967. The molecular weight excluding hydrogens is 336 g/mol. The van der Waals surface area contributed by atoms with Gasteiger partial charge in [-0.3, -0.25) is 14.2 Å². The SMILES string of the molecule is O=c1[nH]c(-c2cn3cccnc3n2)nc2c(-c3ccccn3)csc12. The summed E-state index contributed by atoms with van der Waals surface area (Å²) in [5.41, 5.74) is 2.64. The molecule has 0 aliphatic heterocycles. The van der Waals surface area contributed by atoms with Crippen LogP contribution in [0.5, 0.6) is 0 Å². The average molecular weight is 346 g/mol. The van der Waals surface area contributed by atoms with Gasteiger partial charge in [0.05, 0.1) is 11.2 Å². The van der Waals surface area contributed by atoms with Crippen molar-refractivity contribution in [3.05, 3.63) is 64.8 Å². The monoisotopic (exact) mass is 346 g/mol. The Labute approximate surface area is 144 Å². The summed E-state index contributed by atoms with van der Waals surface area (Å²) >= 11 is 1.36. The number of imidazole rings is 1. The molecule has 0 radical (unpaired) electrons. The Morgan fingerprint density at radius 3 is 2.80 bits per heavy atom. The lowest BCUT2D eigenvalue weighted by Gasteiger charge is -2.00. The zero-order valence-corrected chi connectivity index (χ0v) is 13.6. The number of rotatable bonds is 2. The van der Waals surface area contributed by atoms with Crippen molar-refractivity contribution >= 4 is 27.3 Å². The van der Waals surface area contributed by atoms with Crippen LogP contribution in [0, 0.1) is 0 Å². The zero-order valence-electron chi connectivity index (χ0n) is 12.7. The Morgan fingerprint density at radius 2 is 1.96 bits per heavy atom. The predicted octanol–water partition coefficient (Wildman–Crippen LogP) is 2.76. The molecule has 25 heavy (non-hydrogen) atoms. The van der Waals surface area contributed by atoms with E-state index in [4.69, 9.17) is 0 Å². The van der Waals surface area contributed by atoms with Crippen LogP contribution in [-0.4, -0.2) is 29.3 Å². The first-order valence-corrected chi connectivity index (χ1v) is 8.40. The number of aromatic nitrogens is 6. The van der Waals surface area contributed by atoms with E-state index >= 15 is 0 Å². The highest BCUT2D eigenvalue weighted by molar-refractivity contribution is 7.17. The van der Waals surface area contributed by atoms with Gasteiger partial charge in [-0.15, -0.1) is 11.3 Å². The Balaban J connectivity index is 1.76. The van der Waals surface area contributed by atoms with Crippen molar-refractivity contribution in [3.8, 4) is 22.8 Å². The highest BCUT2D eigenvalue weighted by Crippen LogP contribution is 2.30. The fourth-order valence-corrected chi connectivity index (χ4v) is 3.59. The first-order chi connectivity index (χ1) is 12.3. The number of pyridine rings is 1. The Morgan fingerprint density at radius 1 is 1.04 bits per heavy atom. The predicted molar refractivity (Wildman–Crippen MR) is 95.5 cm³/mol. The van der Waals surface area contributed by atoms with Crippen molar-refractivity contribution in [2.24, 2.45) is 0 Å². The second-order valence-electron chi connectivity index (χ2n) is 5.41. The van der Waals surface area contributed by atoms with Gasteiger partial charge in [0, 0.05) is 35.7 Å². The maximum absolute atomic E-state index is 12.5. The summed E-state index contributed by atoms with van der Waals surface area (Å²) in [7, 11) is 0. The van der Waals surface area contributed by atoms with Gasteiger partial charge in [0.15, 0.2) is 5.82 Å². The summed E-state index contributed by atoms with van der Waals surface area (Å²) in [5, 5.41) is 1.91. The van der Waals surface area contributed by atoms with E-state index in [0.717, 1.165) is 11.3 Å². The molecule has 5 aromatic heterocycles. The normalized spacial score (nSPS) is 11.4. The molecule has 0 fully saturated rings. The summed E-state index contributed by atoms with van der Waals surface area (Å²) in [6, 6.07) is 7.48. The molecule has 7 nitrogen and oxygen atoms in total. The molecular formula is C17H10N6OS. The van der Waals surface area contributed by atoms with E-state index in [1.807, 2.05) is 35.8 Å². The third-order valence-corrected chi connectivity index (χ3v) is 4.81. The number of hydrogen-bond donors (Lipinski definition) is 1. The van der Waals surface area contributed by atoms with Gasteiger partial charge in [-0.25, -0.2) is 15.0 Å². The first kappa shape index (κ1) is 14.0. The minimum Gasteiger partial charge on any atom is -0.304 e. The number of aromatic amines is 1. The van der Waals surface area contributed by atoms with E-state index in [-0.39, 0.29) is 5.56 Å². The van der Waals surface area contributed by atoms with Crippen LogP contribution in [0.3, 0.4) is 0 Å². The highest BCUT2D eigenvalue weighted by atomic mass is 32.1. The molecule has 5 rings (SSSR count). The molecule has 0 spiro atoms. The van der Waals surface area contributed by atoms with Crippen LogP contribution >= 0.6 is 11.3 Å². The molecule has 0 aliphatic carbocycles. The van der Waals surface area contributed by atoms with Crippen molar-refractivity contribution in [1.82, 2.24) is 29.3 Å². The summed E-state index contributed by atoms with van der Waals surface area (Å²) in [4.78, 5) is 32.9. The smallest absolute Gasteiger partial charge is 0.269 e. The summed E-state index contributed by atoms with van der Waals surface area (Å²) in [6.07, 6.45) is 7.03. The third-order valence-electron chi connectivity index (χ3n) is 3.85. The average Bonchev–Trinajstić information content (AvgIpc) is 3.26. The first-order valence-electron chi connectivity index (χ1n) is 7.52. The lowest BCUT2D eigenvalue weighted by Crippen LogP contribution is -2.08. The van der Waals surface area contributed by atoms with Crippen LogP contribution in [0.15, 0.2) is 59.2 Å². The second kappa shape index (κ2) is 5.32. The van der Waals surface area contributed by atoms with Gasteiger partial charge >= 0.3 is 0 Å². The van der Waals surface area contributed by atoms with Gasteiger partial charge in [0.1, 0.15) is 10.4 Å². The number of nitrogens with zero attached hydrogens (tertiary/aromatic N) is 5. The van der Waals surface area contributed by atoms with Gasteiger partial charge in [0.25, 0.3) is 5.56 Å². The van der Waals surface area contributed by atoms with Crippen LogP contribution in [0.2, 0.25) is 0 Å². The quantitative estimate of drug-likeness (QED) is 0.531. The molecule has 0 amide bonds. The maximum atomic E-state index is 12.5. The second-order valence-corrected chi connectivity index (χ2v) is 6.29. The molecule has 5 heterocycles. The van der Waals surface area contributed by atoms with E-state index in [9.17, 15) is 4.79 Å². The molecule has 5 aromatic rings. The Hall–Kier alpha value is -3.39. The van der Waals surface area contributed by atoms with E-state index < -0.39 is 0 Å². The molecule has 120 valence electrons. The number of hydrogen-bond acceptors (Lipinski definition) is 6. The lowest BCUT2D eigenvalue weighted by molar-refractivity contribution is 1.11. The van der Waals surface area contributed by atoms with E-state index in [1.54, 1.807) is 23.0 Å². The summed E-state index contributed by atoms with van der Waals surface area (Å²) in [6.45, 7) is 0. The molecule has 0 bridgehead atoms. The van der Waals surface area contributed by atoms with Crippen LogP contribution in [0.25, 0.3) is 38.8 Å². The van der Waals surface area contributed by atoms with Gasteiger partial charge in [0.2, 0.25) is 5.78 Å². The fourth-order valence-electron chi connectivity index (χ4n) is 2.70. The van der Waals surface area contributed by atoms with Gasteiger partial charge in [-0.2, -0.15) is 0 Å². The number of H-pyrrole nitrogens is 1. The summed E-state index contributed by atoms with van der Waals surface area (Å²) < 4.78 is 2.36. The molecule has 8 heteroatoms. The molecule has 1 N–H and O–H groups in total. The van der Waals surface area contributed by atoms with Crippen molar-refractivity contribution < 1.29 is 0 Å². The van der Waals surface area contributed by atoms with E-state index in [2.05, 4.69) is 24.9 Å². The van der Waals surface area contributed by atoms with Crippen LogP contribution < -0.4 is 5.56 Å². The van der Waals surface area contributed by atoms with Gasteiger partial charge in [-0.1, -0.05) is 6.07 Å². The molecule has 0 aliphatic rings. The van der Waals surface area contributed by atoms with Crippen LogP contribution in [0.1, 0.15) is 0 Å². The number of fused-ring (bicyclic) bond motifs is 2. The minimum atomic E-state index is -0.183. The fraction of sp³-hybridized carbons (Fsp3) is 0. The van der Waals surface area contributed by atoms with E-state index in [0.29, 0.717) is 27.5 Å². The lowest BCUT2D eigenvalue weighted by atomic mass is 10.2. The van der Waals surface area contributed by atoms with Crippen molar-refractivity contribution in [2.45, 2.75) is 0 Å². The Kier molecular flexibility index (Phi) is 2.98. The number of nitrogens with one attached hydrogen (secondary N) is 1. The number of thiophene rings is 1. The minimum absolute atomic E-state index is 0.183. The standard InChI is InChI=1S/C17H10N6OS/c24-16-14-13(10(9-25-14)11-4-1-2-5-18-11)21-15(22-16)12-8-23-7-3-6-19-17(23)20-12/h1-9H,(H,21,22,24). The molecule has 0 atom stereocenters. The molecule has 0 saturated carbocycles. The molecule has 0 aromatic carbocycles. The van der Waals surface area contributed by atoms with Crippen LogP contribution in [0.4, 0.5) is 0 Å². The van der Waals surface area contributed by atoms with Crippen molar-refractivity contribution in [1.29, 1.82) is 0 Å². The Bertz CT molecular complexity index is 1240. The maximum Gasteiger partial charge on any atom is 0.269 e. The zero-order chi connectivity index (χ0) is 16.8. The third kappa shape index (κ3) is 2.23.